The fourth-order valence-electron chi connectivity index (χ4n) is 3.79. The van der Waals surface area contributed by atoms with Crippen molar-refractivity contribution in [3.63, 3.8) is 0 Å². The predicted octanol–water partition coefficient (Wildman–Crippen LogP) is 2.62. The Balaban J connectivity index is 2.01. The zero-order valence-electron chi connectivity index (χ0n) is 11.2. The number of hydrogen-bond acceptors (Lipinski definition) is 2. The van der Waals surface area contributed by atoms with Gasteiger partial charge in [-0.3, -0.25) is 4.90 Å². The number of nitrogens with zero attached hydrogens (tertiary/aromatic N) is 1. The molecule has 1 unspecified atom stereocenters. The predicted molar refractivity (Wildman–Crippen MR) is 69.4 cm³/mol. The minimum absolute atomic E-state index is 0.381. The standard InChI is InChI=1S/C14H28N2/c1-4-13-6-5-7-16(13)14(10-15)8-12(9-14)11(2)3/h11-13H,4-10,15H2,1-3H3. The molecular weight excluding hydrogens is 196 g/mol. The van der Waals surface area contributed by atoms with E-state index in [1.165, 1.54) is 38.6 Å². The fraction of sp³-hybridized carbons (Fsp3) is 1.00. The fourth-order valence-corrected chi connectivity index (χ4v) is 3.79. The van der Waals surface area contributed by atoms with Crippen molar-refractivity contribution in [1.82, 2.24) is 4.90 Å². The zero-order chi connectivity index (χ0) is 11.8. The highest BCUT2D eigenvalue weighted by molar-refractivity contribution is 5.06. The van der Waals surface area contributed by atoms with Crippen molar-refractivity contribution >= 4 is 0 Å². The van der Waals surface area contributed by atoms with E-state index in [2.05, 4.69) is 25.7 Å². The Morgan fingerprint density at radius 3 is 2.56 bits per heavy atom. The van der Waals surface area contributed by atoms with Crippen molar-refractivity contribution in [2.45, 2.75) is 64.5 Å². The summed E-state index contributed by atoms with van der Waals surface area (Å²) in [6, 6.07) is 0.816. The van der Waals surface area contributed by atoms with Crippen LogP contribution in [0.2, 0.25) is 0 Å². The Kier molecular flexibility index (Phi) is 3.60. The van der Waals surface area contributed by atoms with Crippen LogP contribution in [0.5, 0.6) is 0 Å². The molecular formula is C14H28N2. The number of likely N-dealkylation sites (tertiary alicyclic amines) is 1. The van der Waals surface area contributed by atoms with Gasteiger partial charge in [-0.05, 0) is 50.5 Å². The van der Waals surface area contributed by atoms with Gasteiger partial charge in [-0.2, -0.15) is 0 Å². The summed E-state index contributed by atoms with van der Waals surface area (Å²) in [5.74, 6) is 1.75. The third kappa shape index (κ3) is 1.91. The number of hydrogen-bond donors (Lipinski definition) is 1. The highest BCUT2D eigenvalue weighted by atomic mass is 15.3. The van der Waals surface area contributed by atoms with E-state index in [0.29, 0.717) is 5.54 Å². The molecule has 1 heterocycles. The number of nitrogens with two attached hydrogens (primary N) is 1. The molecule has 1 saturated heterocycles. The third-order valence-electron chi connectivity index (χ3n) is 5.06. The first kappa shape index (κ1) is 12.4. The zero-order valence-corrected chi connectivity index (χ0v) is 11.2. The van der Waals surface area contributed by atoms with E-state index in [4.69, 9.17) is 5.73 Å². The van der Waals surface area contributed by atoms with E-state index in [9.17, 15) is 0 Å². The second-order valence-electron chi connectivity index (χ2n) is 6.24. The van der Waals surface area contributed by atoms with E-state index in [-0.39, 0.29) is 0 Å². The first-order valence-corrected chi connectivity index (χ1v) is 7.10. The molecule has 1 aliphatic carbocycles. The van der Waals surface area contributed by atoms with Gasteiger partial charge in [0.1, 0.15) is 0 Å². The average Bonchev–Trinajstić information content (AvgIpc) is 2.65. The van der Waals surface area contributed by atoms with Crippen molar-refractivity contribution < 1.29 is 0 Å². The van der Waals surface area contributed by atoms with Gasteiger partial charge < -0.3 is 5.73 Å². The molecule has 2 rings (SSSR count). The van der Waals surface area contributed by atoms with Crippen LogP contribution in [-0.2, 0) is 0 Å². The molecule has 0 spiro atoms. The minimum atomic E-state index is 0.381. The van der Waals surface area contributed by atoms with Gasteiger partial charge in [0.05, 0.1) is 0 Å². The van der Waals surface area contributed by atoms with Gasteiger partial charge in [-0.1, -0.05) is 20.8 Å². The molecule has 2 heteroatoms. The van der Waals surface area contributed by atoms with Crippen molar-refractivity contribution in [3.05, 3.63) is 0 Å². The van der Waals surface area contributed by atoms with Gasteiger partial charge in [0.25, 0.3) is 0 Å². The van der Waals surface area contributed by atoms with Gasteiger partial charge in [0.2, 0.25) is 0 Å². The second kappa shape index (κ2) is 4.66. The molecule has 2 N–H and O–H groups in total. The quantitative estimate of drug-likeness (QED) is 0.795. The van der Waals surface area contributed by atoms with E-state index in [0.717, 1.165) is 24.4 Å². The van der Waals surface area contributed by atoms with Gasteiger partial charge >= 0.3 is 0 Å². The average molecular weight is 224 g/mol. The minimum Gasteiger partial charge on any atom is -0.329 e. The lowest BCUT2D eigenvalue weighted by molar-refractivity contribution is -0.0432. The van der Waals surface area contributed by atoms with Crippen LogP contribution in [0.4, 0.5) is 0 Å². The summed E-state index contributed by atoms with van der Waals surface area (Å²) in [5, 5.41) is 0. The molecule has 0 bridgehead atoms. The second-order valence-corrected chi connectivity index (χ2v) is 6.24. The lowest BCUT2D eigenvalue weighted by atomic mass is 9.63. The van der Waals surface area contributed by atoms with Crippen molar-refractivity contribution in [1.29, 1.82) is 0 Å². The largest absolute Gasteiger partial charge is 0.329 e. The van der Waals surface area contributed by atoms with Crippen LogP contribution in [0, 0.1) is 11.8 Å². The lowest BCUT2D eigenvalue weighted by Crippen LogP contribution is -2.63. The van der Waals surface area contributed by atoms with Crippen LogP contribution < -0.4 is 5.73 Å². The van der Waals surface area contributed by atoms with E-state index < -0.39 is 0 Å². The Morgan fingerprint density at radius 2 is 2.06 bits per heavy atom. The Bertz CT molecular complexity index is 231. The molecule has 0 amide bonds. The van der Waals surface area contributed by atoms with Crippen LogP contribution in [-0.4, -0.2) is 29.6 Å². The maximum Gasteiger partial charge on any atom is 0.0340 e. The topological polar surface area (TPSA) is 29.3 Å². The molecule has 0 radical (unpaired) electrons. The maximum atomic E-state index is 6.09. The lowest BCUT2D eigenvalue weighted by Gasteiger charge is -2.56. The Hall–Kier alpha value is -0.0800. The normalized spacial score (nSPS) is 40.3. The highest BCUT2D eigenvalue weighted by Crippen LogP contribution is 2.48. The molecule has 2 aliphatic rings. The van der Waals surface area contributed by atoms with Crippen LogP contribution >= 0.6 is 0 Å². The van der Waals surface area contributed by atoms with Gasteiger partial charge in [-0.15, -0.1) is 0 Å². The summed E-state index contributed by atoms with van der Waals surface area (Å²) in [6.07, 6.45) is 6.76. The molecule has 0 aromatic rings. The molecule has 1 saturated carbocycles. The van der Waals surface area contributed by atoms with Crippen LogP contribution in [0.25, 0.3) is 0 Å². The summed E-state index contributed by atoms with van der Waals surface area (Å²) in [6.45, 7) is 9.19. The summed E-state index contributed by atoms with van der Waals surface area (Å²) in [5.41, 5.74) is 6.47. The van der Waals surface area contributed by atoms with Crippen molar-refractivity contribution in [2.75, 3.05) is 13.1 Å². The Labute approximate surface area is 101 Å². The van der Waals surface area contributed by atoms with E-state index in [1.54, 1.807) is 0 Å². The van der Waals surface area contributed by atoms with Crippen LogP contribution in [0.15, 0.2) is 0 Å². The smallest absolute Gasteiger partial charge is 0.0340 e. The first-order valence-electron chi connectivity index (χ1n) is 7.10. The molecule has 94 valence electrons. The number of rotatable bonds is 4. The molecule has 2 nitrogen and oxygen atoms in total. The van der Waals surface area contributed by atoms with Crippen LogP contribution in [0.1, 0.15) is 52.9 Å². The molecule has 1 aliphatic heterocycles. The third-order valence-corrected chi connectivity index (χ3v) is 5.06. The molecule has 16 heavy (non-hydrogen) atoms. The highest BCUT2D eigenvalue weighted by Gasteiger charge is 2.50. The Morgan fingerprint density at radius 1 is 1.38 bits per heavy atom. The van der Waals surface area contributed by atoms with Crippen molar-refractivity contribution in [3.8, 4) is 0 Å². The molecule has 1 atom stereocenters. The summed E-state index contributed by atoms with van der Waals surface area (Å²) in [7, 11) is 0. The first-order chi connectivity index (χ1) is 7.63. The monoisotopic (exact) mass is 224 g/mol. The maximum absolute atomic E-state index is 6.09. The van der Waals surface area contributed by atoms with Gasteiger partial charge in [-0.25, -0.2) is 0 Å². The van der Waals surface area contributed by atoms with E-state index >= 15 is 0 Å². The van der Waals surface area contributed by atoms with Gasteiger partial charge in [0.15, 0.2) is 0 Å². The summed E-state index contributed by atoms with van der Waals surface area (Å²) in [4.78, 5) is 2.76. The van der Waals surface area contributed by atoms with Crippen LogP contribution in [0.3, 0.4) is 0 Å². The molecule has 0 aromatic carbocycles. The summed E-state index contributed by atoms with van der Waals surface area (Å²) < 4.78 is 0. The van der Waals surface area contributed by atoms with E-state index in [1.807, 2.05) is 0 Å². The molecule has 2 fully saturated rings. The SMILES string of the molecule is CCC1CCCN1C1(CN)CC(C(C)C)C1. The van der Waals surface area contributed by atoms with Gasteiger partial charge in [0, 0.05) is 18.1 Å². The van der Waals surface area contributed by atoms with Crippen molar-refractivity contribution in [2.24, 2.45) is 17.6 Å². The molecule has 0 aromatic heterocycles. The summed E-state index contributed by atoms with van der Waals surface area (Å²) >= 11 is 0.